The quantitative estimate of drug-likeness (QED) is 0.927. The van der Waals surface area contributed by atoms with Crippen molar-refractivity contribution in [2.24, 2.45) is 5.73 Å². The summed E-state index contributed by atoms with van der Waals surface area (Å²) in [6, 6.07) is 6.40. The van der Waals surface area contributed by atoms with Crippen LogP contribution in [0.2, 0.25) is 10.0 Å². The molecular weight excluding hydrogens is 293 g/mol. The van der Waals surface area contributed by atoms with Gasteiger partial charge in [0.25, 0.3) is 0 Å². The van der Waals surface area contributed by atoms with Crippen LogP contribution in [0.1, 0.15) is 24.4 Å². The molecule has 1 aliphatic heterocycles. The highest BCUT2D eigenvalue weighted by Crippen LogP contribution is 2.33. The van der Waals surface area contributed by atoms with Crippen LogP contribution in [0.15, 0.2) is 18.2 Å². The van der Waals surface area contributed by atoms with E-state index in [9.17, 15) is 0 Å². The molecule has 112 valence electrons. The Balaban J connectivity index is 2.20. The molecule has 0 radical (unpaired) electrons. The Hall–Kier alpha value is -0.320. The number of benzene rings is 1. The Bertz CT molecular complexity index is 453. The molecule has 20 heavy (non-hydrogen) atoms. The van der Waals surface area contributed by atoms with Gasteiger partial charge in [-0.05, 0) is 45.1 Å². The minimum atomic E-state index is 0.109. The third-order valence-electron chi connectivity index (χ3n) is 4.23. The minimum Gasteiger partial charge on any atom is -0.329 e. The lowest BCUT2D eigenvalue weighted by molar-refractivity contribution is 0.101. The molecule has 1 aromatic rings. The molecule has 2 atom stereocenters. The highest BCUT2D eigenvalue weighted by atomic mass is 35.5. The summed E-state index contributed by atoms with van der Waals surface area (Å²) < 4.78 is 0. The van der Waals surface area contributed by atoms with Crippen molar-refractivity contribution < 1.29 is 0 Å². The fourth-order valence-corrected chi connectivity index (χ4v) is 3.45. The van der Waals surface area contributed by atoms with E-state index < -0.39 is 0 Å². The van der Waals surface area contributed by atoms with E-state index in [1.165, 1.54) is 19.4 Å². The summed E-state index contributed by atoms with van der Waals surface area (Å²) in [5.41, 5.74) is 7.03. The number of hydrogen-bond donors (Lipinski definition) is 1. The summed E-state index contributed by atoms with van der Waals surface area (Å²) in [5.74, 6) is 0. The zero-order valence-corrected chi connectivity index (χ0v) is 13.7. The van der Waals surface area contributed by atoms with Crippen molar-refractivity contribution >= 4 is 23.2 Å². The van der Waals surface area contributed by atoms with Crippen LogP contribution in [0, 0.1) is 0 Å². The third kappa shape index (κ3) is 3.46. The van der Waals surface area contributed by atoms with Crippen molar-refractivity contribution in [3.63, 3.8) is 0 Å². The molecule has 0 amide bonds. The normalized spacial score (nSPS) is 22.2. The highest BCUT2D eigenvalue weighted by Gasteiger charge is 2.28. The van der Waals surface area contributed by atoms with Crippen molar-refractivity contribution in [3.8, 4) is 0 Å². The van der Waals surface area contributed by atoms with Crippen LogP contribution in [-0.4, -0.2) is 49.6 Å². The van der Waals surface area contributed by atoms with Crippen molar-refractivity contribution in [3.05, 3.63) is 33.8 Å². The Kier molecular flexibility index (Phi) is 5.70. The number of nitrogens with zero attached hydrogens (tertiary/aromatic N) is 2. The second kappa shape index (κ2) is 7.10. The van der Waals surface area contributed by atoms with Gasteiger partial charge in [0, 0.05) is 25.2 Å². The summed E-state index contributed by atoms with van der Waals surface area (Å²) >= 11 is 12.5. The zero-order valence-electron chi connectivity index (χ0n) is 12.1. The first-order chi connectivity index (χ1) is 9.54. The number of halogens is 2. The molecule has 3 nitrogen and oxygen atoms in total. The van der Waals surface area contributed by atoms with Crippen molar-refractivity contribution in [1.82, 2.24) is 9.80 Å². The minimum absolute atomic E-state index is 0.109. The first-order valence-corrected chi connectivity index (χ1v) is 7.84. The van der Waals surface area contributed by atoms with Crippen molar-refractivity contribution in [2.75, 3.05) is 33.7 Å². The maximum absolute atomic E-state index is 6.35. The standard InChI is InChI=1S/C15H23Cl2N3/c1-19-8-4-5-11(10-19)20(2)14(9-18)12-6-3-7-13(16)15(12)17/h3,6-7,11,14H,4-5,8-10,18H2,1-2H3. The number of hydrogen-bond acceptors (Lipinski definition) is 3. The van der Waals surface area contributed by atoms with Gasteiger partial charge in [-0.3, -0.25) is 4.90 Å². The number of likely N-dealkylation sites (N-methyl/N-ethyl adjacent to an activating group) is 2. The van der Waals surface area contributed by atoms with Gasteiger partial charge in [0.1, 0.15) is 0 Å². The SMILES string of the molecule is CN1CCCC(N(C)C(CN)c2cccc(Cl)c2Cl)C1. The van der Waals surface area contributed by atoms with E-state index in [2.05, 4.69) is 23.9 Å². The van der Waals surface area contributed by atoms with Gasteiger partial charge >= 0.3 is 0 Å². The zero-order chi connectivity index (χ0) is 14.7. The van der Waals surface area contributed by atoms with Gasteiger partial charge in [0.15, 0.2) is 0 Å². The molecule has 2 unspecified atom stereocenters. The van der Waals surface area contributed by atoms with Gasteiger partial charge in [0.05, 0.1) is 10.0 Å². The van der Waals surface area contributed by atoms with E-state index in [0.717, 1.165) is 12.1 Å². The maximum atomic E-state index is 6.35. The van der Waals surface area contributed by atoms with Crippen LogP contribution in [0.5, 0.6) is 0 Å². The second-order valence-electron chi connectivity index (χ2n) is 5.62. The van der Waals surface area contributed by atoms with Gasteiger partial charge in [-0.25, -0.2) is 0 Å². The molecular formula is C15H23Cl2N3. The molecule has 2 rings (SSSR count). The van der Waals surface area contributed by atoms with Crippen molar-refractivity contribution in [1.29, 1.82) is 0 Å². The van der Waals surface area contributed by atoms with Crippen LogP contribution in [0.4, 0.5) is 0 Å². The van der Waals surface area contributed by atoms with Crippen LogP contribution in [0.3, 0.4) is 0 Å². The van der Waals surface area contributed by atoms with E-state index >= 15 is 0 Å². The summed E-state index contributed by atoms with van der Waals surface area (Å²) in [4.78, 5) is 4.73. The molecule has 1 heterocycles. The van der Waals surface area contributed by atoms with Crippen LogP contribution in [-0.2, 0) is 0 Å². The van der Waals surface area contributed by atoms with E-state index in [0.29, 0.717) is 22.6 Å². The molecule has 1 saturated heterocycles. The van der Waals surface area contributed by atoms with Gasteiger partial charge in [-0.2, -0.15) is 0 Å². The summed E-state index contributed by atoms with van der Waals surface area (Å²) in [5, 5.41) is 1.22. The first-order valence-electron chi connectivity index (χ1n) is 7.09. The van der Waals surface area contributed by atoms with E-state index in [4.69, 9.17) is 28.9 Å². The average Bonchev–Trinajstić information content (AvgIpc) is 2.44. The average molecular weight is 316 g/mol. The molecule has 1 fully saturated rings. The summed E-state index contributed by atoms with van der Waals surface area (Å²) in [6.07, 6.45) is 2.43. The Morgan fingerprint density at radius 2 is 2.20 bits per heavy atom. The molecule has 0 aromatic heterocycles. The van der Waals surface area contributed by atoms with Crippen LogP contribution < -0.4 is 5.73 Å². The lowest BCUT2D eigenvalue weighted by Crippen LogP contribution is -2.47. The van der Waals surface area contributed by atoms with Crippen LogP contribution >= 0.6 is 23.2 Å². The van der Waals surface area contributed by atoms with Gasteiger partial charge in [0.2, 0.25) is 0 Å². The molecule has 2 N–H and O–H groups in total. The fraction of sp³-hybridized carbons (Fsp3) is 0.600. The van der Waals surface area contributed by atoms with Gasteiger partial charge < -0.3 is 10.6 Å². The Labute approximate surface area is 131 Å². The predicted molar refractivity (Wildman–Crippen MR) is 86.5 cm³/mol. The third-order valence-corrected chi connectivity index (χ3v) is 5.06. The summed E-state index contributed by atoms with van der Waals surface area (Å²) in [6.45, 7) is 2.79. The topological polar surface area (TPSA) is 32.5 Å². The summed E-state index contributed by atoms with van der Waals surface area (Å²) in [7, 11) is 4.31. The molecule has 1 aromatic carbocycles. The van der Waals surface area contributed by atoms with Gasteiger partial charge in [-0.15, -0.1) is 0 Å². The molecule has 1 aliphatic rings. The number of piperidine rings is 1. The molecule has 0 aliphatic carbocycles. The van der Waals surface area contributed by atoms with Crippen LogP contribution in [0.25, 0.3) is 0 Å². The fourth-order valence-electron chi connectivity index (χ4n) is 3.02. The molecule has 0 spiro atoms. The smallest absolute Gasteiger partial charge is 0.0640 e. The van der Waals surface area contributed by atoms with Gasteiger partial charge in [-0.1, -0.05) is 35.3 Å². The number of rotatable bonds is 4. The molecule has 0 saturated carbocycles. The molecule has 0 bridgehead atoms. The van der Waals surface area contributed by atoms with E-state index in [1.807, 2.05) is 18.2 Å². The Morgan fingerprint density at radius 3 is 2.85 bits per heavy atom. The van der Waals surface area contributed by atoms with E-state index in [-0.39, 0.29) is 6.04 Å². The lowest BCUT2D eigenvalue weighted by Gasteiger charge is -2.40. The Morgan fingerprint density at radius 1 is 1.45 bits per heavy atom. The highest BCUT2D eigenvalue weighted by molar-refractivity contribution is 6.42. The first kappa shape index (κ1) is 16.1. The second-order valence-corrected chi connectivity index (χ2v) is 6.40. The predicted octanol–water partition coefficient (Wildman–Crippen LogP) is 3.02. The number of nitrogens with two attached hydrogens (primary N) is 1. The molecule has 5 heteroatoms. The van der Waals surface area contributed by atoms with E-state index in [1.54, 1.807) is 0 Å². The van der Waals surface area contributed by atoms with Crippen molar-refractivity contribution in [2.45, 2.75) is 24.9 Å². The monoisotopic (exact) mass is 315 g/mol. The maximum Gasteiger partial charge on any atom is 0.0640 e. The number of likely N-dealkylation sites (tertiary alicyclic amines) is 1. The lowest BCUT2D eigenvalue weighted by atomic mass is 9.99. The largest absolute Gasteiger partial charge is 0.329 e.